The number of nitrogens with zero attached hydrogens (tertiary/aromatic N) is 1. The number of anilines is 2. The SMILES string of the molecule is CC(=O)Nc1nc2c(C)cc(NC(=O)c3cccc(F)c3)cc2s1. The largest absolute Gasteiger partial charge is 0.322 e. The number of nitrogens with one attached hydrogen (secondary N) is 2. The van der Waals surface area contributed by atoms with Crippen molar-refractivity contribution in [3.8, 4) is 0 Å². The van der Waals surface area contributed by atoms with Gasteiger partial charge in [0.15, 0.2) is 5.13 Å². The molecule has 0 saturated carbocycles. The van der Waals surface area contributed by atoms with Crippen molar-refractivity contribution < 1.29 is 14.0 Å². The maximum Gasteiger partial charge on any atom is 0.255 e. The highest BCUT2D eigenvalue weighted by Crippen LogP contribution is 2.31. The van der Waals surface area contributed by atoms with Crippen molar-refractivity contribution in [2.45, 2.75) is 13.8 Å². The minimum atomic E-state index is -0.461. The van der Waals surface area contributed by atoms with Gasteiger partial charge in [-0.2, -0.15) is 0 Å². The van der Waals surface area contributed by atoms with Crippen molar-refractivity contribution in [1.82, 2.24) is 4.98 Å². The van der Waals surface area contributed by atoms with E-state index >= 15 is 0 Å². The van der Waals surface area contributed by atoms with Gasteiger partial charge in [0.05, 0.1) is 10.2 Å². The third-order valence-corrected chi connectivity index (χ3v) is 4.23. The average Bonchev–Trinajstić information content (AvgIpc) is 2.89. The highest BCUT2D eigenvalue weighted by molar-refractivity contribution is 7.22. The lowest BCUT2D eigenvalue weighted by atomic mass is 10.1. The molecular weight excluding hydrogens is 329 g/mol. The van der Waals surface area contributed by atoms with E-state index < -0.39 is 5.82 Å². The monoisotopic (exact) mass is 343 g/mol. The molecule has 0 bridgehead atoms. The fourth-order valence-electron chi connectivity index (χ4n) is 2.31. The molecule has 1 aromatic heterocycles. The Bertz CT molecular complexity index is 952. The lowest BCUT2D eigenvalue weighted by Gasteiger charge is -2.07. The fraction of sp³-hybridized carbons (Fsp3) is 0.118. The Kier molecular flexibility index (Phi) is 4.26. The molecule has 2 aromatic carbocycles. The molecule has 0 radical (unpaired) electrons. The van der Waals surface area contributed by atoms with Gasteiger partial charge in [0.25, 0.3) is 5.91 Å². The van der Waals surface area contributed by atoms with E-state index in [1.807, 2.05) is 6.92 Å². The Balaban J connectivity index is 1.89. The molecule has 0 spiro atoms. The van der Waals surface area contributed by atoms with Crippen LogP contribution in [0.15, 0.2) is 36.4 Å². The predicted octanol–water partition coefficient (Wildman–Crippen LogP) is 3.95. The van der Waals surface area contributed by atoms with Crippen LogP contribution < -0.4 is 10.6 Å². The maximum atomic E-state index is 13.2. The fourth-order valence-corrected chi connectivity index (χ4v) is 3.34. The second-order valence-electron chi connectivity index (χ2n) is 5.30. The number of rotatable bonds is 3. The van der Waals surface area contributed by atoms with Crippen LogP contribution in [0.2, 0.25) is 0 Å². The number of amides is 2. The molecule has 3 aromatic rings. The van der Waals surface area contributed by atoms with Gasteiger partial charge < -0.3 is 10.6 Å². The minimum Gasteiger partial charge on any atom is -0.322 e. The molecule has 122 valence electrons. The van der Waals surface area contributed by atoms with Gasteiger partial charge in [0.1, 0.15) is 5.82 Å². The molecule has 0 fully saturated rings. The number of hydrogen-bond donors (Lipinski definition) is 2. The summed E-state index contributed by atoms with van der Waals surface area (Å²) in [4.78, 5) is 27.7. The van der Waals surface area contributed by atoms with Gasteiger partial charge in [-0.25, -0.2) is 9.37 Å². The lowest BCUT2D eigenvalue weighted by Crippen LogP contribution is -2.12. The number of aryl methyl sites for hydroxylation is 1. The standard InChI is InChI=1S/C17H14FN3O2S/c1-9-6-13(20-16(23)11-4-3-5-12(18)7-11)8-14-15(9)21-17(24-14)19-10(2)22/h3-8H,1-2H3,(H,20,23)(H,19,21,22). The highest BCUT2D eigenvalue weighted by Gasteiger charge is 2.12. The summed E-state index contributed by atoms with van der Waals surface area (Å²) in [5, 5.41) is 5.92. The van der Waals surface area contributed by atoms with Crippen LogP contribution in [0.5, 0.6) is 0 Å². The quantitative estimate of drug-likeness (QED) is 0.756. The van der Waals surface area contributed by atoms with Crippen LogP contribution in [0.1, 0.15) is 22.8 Å². The van der Waals surface area contributed by atoms with Gasteiger partial charge in [0, 0.05) is 18.2 Å². The number of carbonyl (C=O) groups excluding carboxylic acids is 2. The third-order valence-electron chi connectivity index (χ3n) is 3.31. The Morgan fingerprint density at radius 1 is 1.17 bits per heavy atom. The van der Waals surface area contributed by atoms with Crippen molar-refractivity contribution >= 4 is 44.2 Å². The van der Waals surface area contributed by atoms with E-state index in [4.69, 9.17) is 0 Å². The van der Waals surface area contributed by atoms with Crippen LogP contribution in [-0.2, 0) is 4.79 Å². The zero-order valence-electron chi connectivity index (χ0n) is 13.0. The Morgan fingerprint density at radius 3 is 2.67 bits per heavy atom. The van der Waals surface area contributed by atoms with Gasteiger partial charge in [0.2, 0.25) is 5.91 Å². The van der Waals surface area contributed by atoms with Crippen molar-refractivity contribution in [3.63, 3.8) is 0 Å². The summed E-state index contributed by atoms with van der Waals surface area (Å²) in [6.07, 6.45) is 0. The van der Waals surface area contributed by atoms with E-state index in [1.54, 1.807) is 18.2 Å². The van der Waals surface area contributed by atoms with E-state index in [0.29, 0.717) is 10.8 Å². The van der Waals surface area contributed by atoms with Gasteiger partial charge in [-0.1, -0.05) is 17.4 Å². The summed E-state index contributed by atoms with van der Waals surface area (Å²) in [6.45, 7) is 3.29. The number of benzene rings is 2. The van der Waals surface area contributed by atoms with E-state index in [0.717, 1.165) is 15.8 Å². The Hall–Kier alpha value is -2.80. The maximum absolute atomic E-state index is 13.2. The van der Waals surface area contributed by atoms with Crippen LogP contribution in [0.4, 0.5) is 15.2 Å². The predicted molar refractivity (Wildman–Crippen MR) is 93.0 cm³/mol. The molecule has 0 aliphatic heterocycles. The minimum absolute atomic E-state index is 0.189. The van der Waals surface area contributed by atoms with Crippen molar-refractivity contribution in [3.05, 3.63) is 53.3 Å². The summed E-state index contributed by atoms with van der Waals surface area (Å²) >= 11 is 1.32. The van der Waals surface area contributed by atoms with Crippen LogP contribution in [0.3, 0.4) is 0 Å². The van der Waals surface area contributed by atoms with Gasteiger partial charge >= 0.3 is 0 Å². The first-order valence-electron chi connectivity index (χ1n) is 7.18. The molecule has 0 saturated heterocycles. The number of hydrogen-bond acceptors (Lipinski definition) is 4. The van der Waals surface area contributed by atoms with Crippen LogP contribution in [-0.4, -0.2) is 16.8 Å². The van der Waals surface area contributed by atoms with E-state index in [1.165, 1.54) is 36.5 Å². The molecule has 0 aliphatic rings. The number of halogens is 1. The summed E-state index contributed by atoms with van der Waals surface area (Å²) in [5.41, 5.74) is 2.48. The second kappa shape index (κ2) is 6.37. The number of thiazole rings is 1. The smallest absolute Gasteiger partial charge is 0.255 e. The summed E-state index contributed by atoms with van der Waals surface area (Å²) in [7, 11) is 0. The van der Waals surface area contributed by atoms with E-state index in [-0.39, 0.29) is 17.4 Å². The molecule has 24 heavy (non-hydrogen) atoms. The number of aromatic nitrogens is 1. The number of carbonyl (C=O) groups is 2. The Labute approximate surface area is 141 Å². The van der Waals surface area contributed by atoms with Gasteiger partial charge in [-0.3, -0.25) is 9.59 Å². The van der Waals surface area contributed by atoms with Crippen LogP contribution >= 0.6 is 11.3 Å². The molecule has 2 N–H and O–H groups in total. The zero-order chi connectivity index (χ0) is 17.3. The van der Waals surface area contributed by atoms with Crippen molar-refractivity contribution in [2.75, 3.05) is 10.6 Å². The molecule has 0 unspecified atom stereocenters. The Morgan fingerprint density at radius 2 is 1.96 bits per heavy atom. The van der Waals surface area contributed by atoms with Crippen LogP contribution in [0, 0.1) is 12.7 Å². The molecule has 5 nitrogen and oxygen atoms in total. The summed E-state index contributed by atoms with van der Waals surface area (Å²) in [6, 6.07) is 9.07. The highest BCUT2D eigenvalue weighted by atomic mass is 32.1. The molecule has 0 atom stereocenters. The molecule has 1 heterocycles. The molecule has 0 aliphatic carbocycles. The second-order valence-corrected chi connectivity index (χ2v) is 6.34. The van der Waals surface area contributed by atoms with E-state index in [2.05, 4.69) is 15.6 Å². The topological polar surface area (TPSA) is 71.1 Å². The molecule has 2 amide bonds. The lowest BCUT2D eigenvalue weighted by molar-refractivity contribution is -0.114. The first-order valence-corrected chi connectivity index (χ1v) is 8.00. The first kappa shape index (κ1) is 16.1. The molecule has 3 rings (SSSR count). The average molecular weight is 343 g/mol. The third kappa shape index (κ3) is 3.41. The van der Waals surface area contributed by atoms with E-state index in [9.17, 15) is 14.0 Å². The molecule has 7 heteroatoms. The summed E-state index contributed by atoms with van der Waals surface area (Å²) in [5.74, 6) is -1.04. The van der Waals surface area contributed by atoms with Crippen molar-refractivity contribution in [1.29, 1.82) is 0 Å². The van der Waals surface area contributed by atoms with Crippen LogP contribution in [0.25, 0.3) is 10.2 Å². The normalized spacial score (nSPS) is 10.6. The van der Waals surface area contributed by atoms with Crippen molar-refractivity contribution in [2.24, 2.45) is 0 Å². The van der Waals surface area contributed by atoms with Gasteiger partial charge in [-0.15, -0.1) is 0 Å². The first-order chi connectivity index (χ1) is 11.4. The zero-order valence-corrected chi connectivity index (χ0v) is 13.8. The molecular formula is C17H14FN3O2S. The number of fused-ring (bicyclic) bond motifs is 1. The summed E-state index contributed by atoms with van der Waals surface area (Å²) < 4.78 is 14.1. The van der Waals surface area contributed by atoms with Gasteiger partial charge in [-0.05, 0) is 42.8 Å².